The second kappa shape index (κ2) is 15.0. The first kappa shape index (κ1) is 31.9. The van der Waals surface area contributed by atoms with Crippen LogP contribution in [0.15, 0.2) is 152 Å². The van der Waals surface area contributed by atoms with E-state index in [1.54, 1.807) is 6.08 Å². The number of hydrogen-bond donors (Lipinski definition) is 2. The Morgan fingerprint density at radius 3 is 1.68 bits per heavy atom. The van der Waals surface area contributed by atoms with Gasteiger partial charge in [0, 0.05) is 5.92 Å². The van der Waals surface area contributed by atoms with Gasteiger partial charge in [0.25, 0.3) is 0 Å². The molecule has 0 bridgehead atoms. The number of allylic oxidation sites excluding steroid dienone is 1. The minimum absolute atomic E-state index is 0.0715. The first-order valence-corrected chi connectivity index (χ1v) is 16.9. The second-order valence-corrected chi connectivity index (χ2v) is 12.8. The van der Waals surface area contributed by atoms with Crippen LogP contribution in [0.3, 0.4) is 0 Å². The molecular weight excluding hydrogens is 603 g/mol. The van der Waals surface area contributed by atoms with Crippen molar-refractivity contribution in [2.45, 2.75) is 29.5 Å². The summed E-state index contributed by atoms with van der Waals surface area (Å²) in [5, 5.41) is 12.3. The molecule has 1 unspecified atom stereocenters. The molecule has 0 heterocycles. The van der Waals surface area contributed by atoms with E-state index in [0.717, 1.165) is 28.0 Å². The van der Waals surface area contributed by atoms with Crippen LogP contribution in [-0.4, -0.2) is 35.6 Å². The molecule has 0 radical (unpaired) electrons. The number of carbonyl (C=O) groups is 2. The molecule has 5 aromatic rings. The molecule has 47 heavy (non-hydrogen) atoms. The average Bonchev–Trinajstić information content (AvgIpc) is 3.43. The van der Waals surface area contributed by atoms with Crippen LogP contribution in [0.4, 0.5) is 4.79 Å². The van der Waals surface area contributed by atoms with Crippen molar-refractivity contribution >= 4 is 23.8 Å². The van der Waals surface area contributed by atoms with Crippen molar-refractivity contribution in [1.29, 1.82) is 0 Å². The molecule has 1 amide bonds. The maximum atomic E-state index is 12.9. The molecule has 1 aliphatic rings. The van der Waals surface area contributed by atoms with Gasteiger partial charge in [-0.3, -0.25) is 4.79 Å². The molecule has 2 N–H and O–H groups in total. The Bertz CT molecular complexity index is 1680. The minimum atomic E-state index is -0.996. The molecule has 6 rings (SSSR count). The van der Waals surface area contributed by atoms with E-state index in [4.69, 9.17) is 4.74 Å². The molecule has 236 valence electrons. The summed E-state index contributed by atoms with van der Waals surface area (Å²) in [7, 11) is 0. The SMILES string of the molecule is O=C(O)CC(/C=C/CCSC(c1ccccc1)(c1ccccc1)c1ccccc1)NC(=O)OCC1c2ccccc2-c2ccccc21. The molecule has 0 spiro atoms. The summed E-state index contributed by atoms with van der Waals surface area (Å²) in [5.74, 6) is -0.304. The second-order valence-electron chi connectivity index (χ2n) is 11.5. The Balaban J connectivity index is 1.13. The number of aliphatic carboxylic acids is 1. The lowest BCUT2D eigenvalue weighted by Gasteiger charge is -2.35. The van der Waals surface area contributed by atoms with Gasteiger partial charge in [-0.15, -0.1) is 11.8 Å². The van der Waals surface area contributed by atoms with Crippen molar-refractivity contribution in [2.75, 3.05) is 12.4 Å². The highest BCUT2D eigenvalue weighted by atomic mass is 32.2. The molecule has 0 fully saturated rings. The smallest absolute Gasteiger partial charge is 0.407 e. The Hall–Kier alpha value is -5.07. The first-order chi connectivity index (χ1) is 23.1. The lowest BCUT2D eigenvalue weighted by atomic mass is 9.84. The van der Waals surface area contributed by atoms with E-state index in [0.29, 0.717) is 6.42 Å². The van der Waals surface area contributed by atoms with Gasteiger partial charge in [0.15, 0.2) is 0 Å². The first-order valence-electron chi connectivity index (χ1n) is 15.9. The molecule has 6 heteroatoms. The zero-order valence-electron chi connectivity index (χ0n) is 26.0. The summed E-state index contributed by atoms with van der Waals surface area (Å²) in [5.41, 5.74) is 8.11. The van der Waals surface area contributed by atoms with Crippen LogP contribution in [0.25, 0.3) is 11.1 Å². The molecule has 1 aliphatic carbocycles. The van der Waals surface area contributed by atoms with Crippen molar-refractivity contribution in [3.8, 4) is 11.1 Å². The van der Waals surface area contributed by atoms with Crippen LogP contribution >= 0.6 is 11.8 Å². The number of nitrogens with one attached hydrogen (secondary N) is 1. The van der Waals surface area contributed by atoms with E-state index in [1.165, 1.54) is 16.7 Å². The van der Waals surface area contributed by atoms with E-state index < -0.39 is 22.9 Å². The van der Waals surface area contributed by atoms with Gasteiger partial charge in [0.1, 0.15) is 6.61 Å². The number of amides is 1. The van der Waals surface area contributed by atoms with Gasteiger partial charge in [0.05, 0.1) is 17.2 Å². The number of rotatable bonds is 13. The van der Waals surface area contributed by atoms with Crippen molar-refractivity contribution in [1.82, 2.24) is 5.32 Å². The number of carbonyl (C=O) groups excluding carboxylic acids is 1. The normalized spacial score (nSPS) is 13.1. The summed E-state index contributed by atoms with van der Waals surface area (Å²) in [6.45, 7) is 0.167. The zero-order chi connectivity index (χ0) is 32.5. The van der Waals surface area contributed by atoms with Crippen LogP contribution in [0.5, 0.6) is 0 Å². The number of alkyl carbamates (subject to hydrolysis) is 1. The van der Waals surface area contributed by atoms with Crippen LogP contribution in [0.1, 0.15) is 46.6 Å². The van der Waals surface area contributed by atoms with Gasteiger partial charge < -0.3 is 15.2 Å². The van der Waals surface area contributed by atoms with Crippen LogP contribution in [-0.2, 0) is 14.3 Å². The maximum absolute atomic E-state index is 12.9. The Morgan fingerprint density at radius 1 is 0.723 bits per heavy atom. The third-order valence-corrected chi connectivity index (χ3v) is 10.1. The van der Waals surface area contributed by atoms with Crippen molar-refractivity contribution in [3.05, 3.63) is 179 Å². The zero-order valence-corrected chi connectivity index (χ0v) is 26.8. The fourth-order valence-electron chi connectivity index (χ4n) is 6.46. The summed E-state index contributed by atoms with van der Waals surface area (Å²) in [6, 6.07) is 47.2. The maximum Gasteiger partial charge on any atom is 0.407 e. The monoisotopic (exact) mass is 639 g/mol. The highest BCUT2D eigenvalue weighted by Crippen LogP contribution is 2.48. The predicted molar refractivity (Wildman–Crippen MR) is 190 cm³/mol. The molecule has 5 nitrogen and oxygen atoms in total. The summed E-state index contributed by atoms with van der Waals surface area (Å²) in [4.78, 5) is 24.6. The van der Waals surface area contributed by atoms with Gasteiger partial charge in [-0.05, 0) is 51.1 Å². The van der Waals surface area contributed by atoms with Crippen LogP contribution in [0.2, 0.25) is 0 Å². The van der Waals surface area contributed by atoms with Crippen LogP contribution < -0.4 is 5.32 Å². The van der Waals surface area contributed by atoms with Gasteiger partial charge in [-0.25, -0.2) is 4.79 Å². The average molecular weight is 640 g/mol. The third-order valence-electron chi connectivity index (χ3n) is 8.55. The predicted octanol–water partition coefficient (Wildman–Crippen LogP) is 9.04. The standard InChI is InChI=1S/C41H37NO4S/c43-39(44)28-33(42-40(45)46-29-38-36-25-12-10-23-34(36)35-24-11-13-26-37(35)38)22-14-15-27-47-41(30-16-4-1-5-17-30,31-18-6-2-7-19-31)32-20-8-3-9-21-32/h1-14,16-26,33,38H,15,27-29H2,(H,42,45)(H,43,44)/b22-14+. The number of hydrogen-bond acceptors (Lipinski definition) is 4. The molecular formula is C41H37NO4S. The van der Waals surface area contributed by atoms with Gasteiger partial charge in [0.2, 0.25) is 0 Å². The van der Waals surface area contributed by atoms with E-state index in [-0.39, 0.29) is 18.9 Å². The number of ether oxygens (including phenoxy) is 1. The molecule has 0 saturated carbocycles. The number of thioether (sulfide) groups is 1. The van der Waals surface area contributed by atoms with Crippen molar-refractivity contribution < 1.29 is 19.4 Å². The highest BCUT2D eigenvalue weighted by molar-refractivity contribution is 8.00. The topological polar surface area (TPSA) is 75.6 Å². The van der Waals surface area contributed by atoms with Crippen molar-refractivity contribution in [2.24, 2.45) is 0 Å². The van der Waals surface area contributed by atoms with E-state index in [9.17, 15) is 14.7 Å². The van der Waals surface area contributed by atoms with E-state index in [1.807, 2.05) is 60.3 Å². The van der Waals surface area contributed by atoms with Gasteiger partial charge in [-0.2, -0.15) is 0 Å². The number of benzene rings is 5. The Kier molecular flexibility index (Phi) is 10.2. The number of carboxylic acid groups (broad SMARTS) is 1. The molecule has 0 saturated heterocycles. The Morgan fingerprint density at radius 2 is 1.19 bits per heavy atom. The molecule has 5 aromatic carbocycles. The molecule has 0 aliphatic heterocycles. The largest absolute Gasteiger partial charge is 0.481 e. The quantitative estimate of drug-likeness (QED) is 0.0764. The highest BCUT2D eigenvalue weighted by Gasteiger charge is 2.36. The number of fused-ring (bicyclic) bond motifs is 3. The van der Waals surface area contributed by atoms with E-state index in [2.05, 4.69) is 102 Å². The van der Waals surface area contributed by atoms with Gasteiger partial charge in [-0.1, -0.05) is 152 Å². The fraction of sp³-hybridized carbons (Fsp3) is 0.171. The summed E-state index contributed by atoms with van der Waals surface area (Å²) < 4.78 is 5.26. The third kappa shape index (κ3) is 7.18. The lowest BCUT2D eigenvalue weighted by molar-refractivity contribution is -0.137. The Labute approximate surface area is 280 Å². The molecule has 0 aromatic heterocycles. The van der Waals surface area contributed by atoms with Crippen LogP contribution in [0, 0.1) is 0 Å². The fourth-order valence-corrected chi connectivity index (χ4v) is 7.92. The lowest BCUT2D eigenvalue weighted by Crippen LogP contribution is -2.36. The minimum Gasteiger partial charge on any atom is -0.481 e. The summed E-state index contributed by atoms with van der Waals surface area (Å²) >= 11 is 1.84. The van der Waals surface area contributed by atoms with E-state index >= 15 is 0 Å². The summed E-state index contributed by atoms with van der Waals surface area (Å²) in [6.07, 6.45) is 3.53. The number of carboxylic acids is 1. The molecule has 1 atom stereocenters. The van der Waals surface area contributed by atoms with Crippen molar-refractivity contribution in [3.63, 3.8) is 0 Å². The van der Waals surface area contributed by atoms with Gasteiger partial charge >= 0.3 is 12.1 Å².